The summed E-state index contributed by atoms with van der Waals surface area (Å²) in [6, 6.07) is 1.74. The number of carbonyl (C=O) groups excluding carboxylic acids is 2. The lowest BCUT2D eigenvalue weighted by atomic mass is 10.2. The maximum atomic E-state index is 11.6. The van der Waals surface area contributed by atoms with Crippen molar-refractivity contribution in [3.05, 3.63) is 11.8 Å². The van der Waals surface area contributed by atoms with Gasteiger partial charge in [-0.2, -0.15) is 5.26 Å². The van der Waals surface area contributed by atoms with Gasteiger partial charge in [-0.15, -0.1) is 0 Å². The molecule has 1 aliphatic heterocycles. The standard InChI is InChI=1S/C12H18N4O3/c1-2-19-12(18)15-11(17)10(8-13)9-14-16-6-4-3-5-7-16/h9,14H,2-7H2,1H3,(H,15,17,18). The van der Waals surface area contributed by atoms with Crippen LogP contribution >= 0.6 is 0 Å². The molecule has 2 N–H and O–H groups in total. The summed E-state index contributed by atoms with van der Waals surface area (Å²) in [5, 5.41) is 12.8. The molecule has 19 heavy (non-hydrogen) atoms. The summed E-state index contributed by atoms with van der Waals surface area (Å²) in [4.78, 5) is 22.6. The molecule has 0 spiro atoms. The fourth-order valence-electron chi connectivity index (χ4n) is 1.65. The van der Waals surface area contributed by atoms with Crippen LogP contribution in [0.1, 0.15) is 26.2 Å². The Balaban J connectivity index is 2.48. The molecule has 104 valence electrons. The van der Waals surface area contributed by atoms with Gasteiger partial charge in [0, 0.05) is 19.3 Å². The molecule has 7 nitrogen and oxygen atoms in total. The van der Waals surface area contributed by atoms with Gasteiger partial charge >= 0.3 is 6.09 Å². The predicted octanol–water partition coefficient (Wildman–Crippen LogP) is 0.657. The third kappa shape index (κ3) is 5.40. The van der Waals surface area contributed by atoms with E-state index in [0.717, 1.165) is 25.9 Å². The fraction of sp³-hybridized carbons (Fsp3) is 0.583. The predicted molar refractivity (Wildman–Crippen MR) is 67.4 cm³/mol. The number of nitrogens with zero attached hydrogens (tertiary/aromatic N) is 2. The van der Waals surface area contributed by atoms with Crippen LogP contribution in [0.4, 0.5) is 4.79 Å². The van der Waals surface area contributed by atoms with Crippen molar-refractivity contribution in [3.8, 4) is 6.07 Å². The van der Waals surface area contributed by atoms with Gasteiger partial charge in [-0.3, -0.25) is 10.1 Å². The summed E-state index contributed by atoms with van der Waals surface area (Å²) in [6.45, 7) is 3.53. The molecule has 0 bridgehead atoms. The molecular weight excluding hydrogens is 248 g/mol. The number of alkyl carbamates (subject to hydrolysis) is 1. The number of piperidine rings is 1. The maximum absolute atomic E-state index is 11.6. The molecular formula is C12H18N4O3. The van der Waals surface area contributed by atoms with Gasteiger partial charge in [0.25, 0.3) is 5.91 Å². The highest BCUT2D eigenvalue weighted by Gasteiger charge is 2.14. The van der Waals surface area contributed by atoms with Crippen LogP contribution in [0, 0.1) is 11.3 Å². The largest absolute Gasteiger partial charge is 0.450 e. The Morgan fingerprint density at radius 2 is 2.05 bits per heavy atom. The molecule has 0 atom stereocenters. The molecule has 1 heterocycles. The quantitative estimate of drug-likeness (QED) is 0.573. The number of hydrazine groups is 1. The lowest BCUT2D eigenvalue weighted by Crippen LogP contribution is -2.39. The first-order chi connectivity index (χ1) is 9.17. The molecule has 0 aromatic carbocycles. The minimum atomic E-state index is -0.855. The van der Waals surface area contributed by atoms with E-state index in [4.69, 9.17) is 5.26 Å². The van der Waals surface area contributed by atoms with Crippen LogP contribution < -0.4 is 10.7 Å². The van der Waals surface area contributed by atoms with Gasteiger partial charge in [-0.1, -0.05) is 6.42 Å². The molecule has 7 heteroatoms. The van der Waals surface area contributed by atoms with Crippen molar-refractivity contribution in [2.45, 2.75) is 26.2 Å². The normalized spacial score (nSPS) is 16.3. The zero-order valence-electron chi connectivity index (χ0n) is 10.9. The third-order valence-corrected chi connectivity index (χ3v) is 2.60. The zero-order valence-corrected chi connectivity index (χ0v) is 10.9. The average Bonchev–Trinajstić information content (AvgIpc) is 2.40. The zero-order chi connectivity index (χ0) is 14.1. The third-order valence-electron chi connectivity index (χ3n) is 2.60. The van der Waals surface area contributed by atoms with Gasteiger partial charge in [0.05, 0.1) is 6.61 Å². The van der Waals surface area contributed by atoms with E-state index in [0.29, 0.717) is 0 Å². The van der Waals surface area contributed by atoms with Crippen molar-refractivity contribution < 1.29 is 14.3 Å². The highest BCUT2D eigenvalue weighted by atomic mass is 16.5. The molecule has 0 saturated carbocycles. The number of carbonyl (C=O) groups is 2. The van der Waals surface area contributed by atoms with Crippen LogP contribution in [0.5, 0.6) is 0 Å². The van der Waals surface area contributed by atoms with Gasteiger partial charge in [-0.05, 0) is 19.8 Å². The van der Waals surface area contributed by atoms with Crippen LogP contribution in [-0.4, -0.2) is 36.7 Å². The van der Waals surface area contributed by atoms with Gasteiger partial charge in [-0.25, -0.2) is 9.80 Å². The number of rotatable bonds is 4. The average molecular weight is 266 g/mol. The van der Waals surface area contributed by atoms with Crippen molar-refractivity contribution in [3.63, 3.8) is 0 Å². The Morgan fingerprint density at radius 1 is 1.37 bits per heavy atom. The summed E-state index contributed by atoms with van der Waals surface area (Å²) >= 11 is 0. The summed E-state index contributed by atoms with van der Waals surface area (Å²) in [5.41, 5.74) is 2.73. The molecule has 0 radical (unpaired) electrons. The Bertz CT molecular complexity index is 394. The van der Waals surface area contributed by atoms with Crippen molar-refractivity contribution in [2.24, 2.45) is 0 Å². The first-order valence-electron chi connectivity index (χ1n) is 6.27. The summed E-state index contributed by atoms with van der Waals surface area (Å²) in [7, 11) is 0. The number of nitriles is 1. The summed E-state index contributed by atoms with van der Waals surface area (Å²) < 4.78 is 4.56. The van der Waals surface area contributed by atoms with Gasteiger partial charge in [0.1, 0.15) is 11.6 Å². The van der Waals surface area contributed by atoms with Crippen molar-refractivity contribution >= 4 is 12.0 Å². The molecule has 1 rings (SSSR count). The summed E-state index contributed by atoms with van der Waals surface area (Å²) in [5.74, 6) is -0.773. The first kappa shape index (κ1) is 15.0. The monoisotopic (exact) mass is 266 g/mol. The highest BCUT2D eigenvalue weighted by Crippen LogP contribution is 2.06. The van der Waals surface area contributed by atoms with Crippen LogP contribution in [0.2, 0.25) is 0 Å². The van der Waals surface area contributed by atoms with E-state index in [1.54, 1.807) is 13.0 Å². The second-order valence-electron chi connectivity index (χ2n) is 4.02. The van der Waals surface area contributed by atoms with E-state index in [2.05, 4.69) is 10.2 Å². The number of nitrogens with one attached hydrogen (secondary N) is 2. The van der Waals surface area contributed by atoms with E-state index in [-0.39, 0.29) is 12.2 Å². The van der Waals surface area contributed by atoms with Crippen LogP contribution in [0.25, 0.3) is 0 Å². The van der Waals surface area contributed by atoms with Crippen LogP contribution in [0.15, 0.2) is 11.8 Å². The van der Waals surface area contributed by atoms with E-state index in [9.17, 15) is 9.59 Å². The lowest BCUT2D eigenvalue weighted by Gasteiger charge is -2.26. The maximum Gasteiger partial charge on any atom is 0.414 e. The van der Waals surface area contributed by atoms with Crippen LogP contribution in [0.3, 0.4) is 0 Å². The number of hydrogen-bond donors (Lipinski definition) is 2. The van der Waals surface area contributed by atoms with Gasteiger partial charge in [0.2, 0.25) is 0 Å². The first-order valence-corrected chi connectivity index (χ1v) is 6.27. The second kappa shape index (κ2) is 8.11. The Labute approximate surface area is 112 Å². The second-order valence-corrected chi connectivity index (χ2v) is 4.02. The molecule has 1 fully saturated rings. The number of ether oxygens (including phenoxy) is 1. The van der Waals surface area contributed by atoms with E-state index >= 15 is 0 Å². The summed E-state index contributed by atoms with van der Waals surface area (Å²) in [6.07, 6.45) is 3.80. The number of amides is 2. The topological polar surface area (TPSA) is 94.5 Å². The molecule has 0 unspecified atom stereocenters. The molecule has 1 saturated heterocycles. The number of imide groups is 1. The minimum Gasteiger partial charge on any atom is -0.450 e. The number of hydrogen-bond acceptors (Lipinski definition) is 6. The molecule has 0 aromatic heterocycles. The van der Waals surface area contributed by atoms with Crippen molar-refractivity contribution in [1.82, 2.24) is 15.8 Å². The fourth-order valence-corrected chi connectivity index (χ4v) is 1.65. The van der Waals surface area contributed by atoms with Crippen LogP contribution in [-0.2, 0) is 9.53 Å². The van der Waals surface area contributed by atoms with E-state index in [1.807, 2.05) is 10.3 Å². The smallest absolute Gasteiger partial charge is 0.414 e. The van der Waals surface area contributed by atoms with Gasteiger partial charge in [0.15, 0.2) is 0 Å². The Kier molecular flexibility index (Phi) is 6.39. The molecule has 2 amide bonds. The van der Waals surface area contributed by atoms with Gasteiger partial charge < -0.3 is 10.2 Å². The lowest BCUT2D eigenvalue weighted by molar-refractivity contribution is -0.116. The van der Waals surface area contributed by atoms with Crippen molar-refractivity contribution in [2.75, 3.05) is 19.7 Å². The SMILES string of the molecule is CCOC(=O)NC(=O)C(C#N)=CNN1CCCCC1. The Hall–Kier alpha value is -2.07. The molecule has 0 aliphatic carbocycles. The highest BCUT2D eigenvalue weighted by molar-refractivity contribution is 6.04. The van der Waals surface area contributed by atoms with Crippen molar-refractivity contribution in [1.29, 1.82) is 5.26 Å². The Morgan fingerprint density at radius 3 is 2.63 bits per heavy atom. The van der Waals surface area contributed by atoms with E-state index in [1.165, 1.54) is 12.6 Å². The van der Waals surface area contributed by atoms with E-state index < -0.39 is 12.0 Å². The molecule has 0 aromatic rings. The minimum absolute atomic E-state index is 0.163. The molecule has 1 aliphatic rings.